The van der Waals surface area contributed by atoms with Crippen molar-refractivity contribution in [2.45, 2.75) is 25.4 Å². The van der Waals surface area contributed by atoms with Gasteiger partial charge in [-0.3, -0.25) is 9.69 Å². The van der Waals surface area contributed by atoms with Crippen LogP contribution in [-0.4, -0.2) is 22.1 Å². The van der Waals surface area contributed by atoms with E-state index in [1.165, 1.54) is 10.6 Å². The zero-order valence-electron chi connectivity index (χ0n) is 12.4. The molecule has 1 aliphatic heterocycles. The highest BCUT2D eigenvalue weighted by molar-refractivity contribution is 5.85. The Labute approximate surface area is 132 Å². The number of aromatic nitrogens is 1. The number of rotatable bonds is 4. The minimum Gasteiger partial charge on any atom is -0.465 e. The number of aryl methyl sites for hydroxylation is 1. The van der Waals surface area contributed by atoms with Gasteiger partial charge in [-0.25, -0.2) is 4.79 Å². The Morgan fingerprint density at radius 3 is 2.65 bits per heavy atom. The van der Waals surface area contributed by atoms with Crippen LogP contribution >= 0.6 is 0 Å². The van der Waals surface area contributed by atoms with E-state index in [4.69, 9.17) is 0 Å². The van der Waals surface area contributed by atoms with E-state index >= 15 is 0 Å². The van der Waals surface area contributed by atoms with Crippen molar-refractivity contribution in [3.63, 3.8) is 0 Å². The second kappa shape index (κ2) is 6.08. The largest absolute Gasteiger partial charge is 0.465 e. The molecule has 6 nitrogen and oxygen atoms in total. The second-order valence-corrected chi connectivity index (χ2v) is 5.48. The Balaban J connectivity index is 2.03. The van der Waals surface area contributed by atoms with E-state index in [0.29, 0.717) is 12.8 Å². The number of nitrogens with zero attached hydrogens (tertiary/aromatic N) is 2. The number of hydrogen-bond acceptors (Lipinski definition) is 3. The molecule has 1 unspecified atom stereocenters. The number of benzene rings is 1. The van der Waals surface area contributed by atoms with E-state index < -0.39 is 17.7 Å². The molecule has 2 heterocycles. The molecule has 1 aromatic heterocycles. The van der Waals surface area contributed by atoms with Crippen LogP contribution in [0.3, 0.4) is 0 Å². The fraction of sp³-hybridized carbons (Fsp3) is 0.235. The predicted molar refractivity (Wildman–Crippen MR) is 84.8 cm³/mol. The van der Waals surface area contributed by atoms with Crippen molar-refractivity contribution in [3.05, 3.63) is 64.1 Å². The Hall–Kier alpha value is -2.89. The molecular weight excluding hydrogens is 296 g/mol. The van der Waals surface area contributed by atoms with E-state index in [9.17, 15) is 19.5 Å². The Morgan fingerprint density at radius 1 is 1.26 bits per heavy atom. The van der Waals surface area contributed by atoms with Gasteiger partial charge in [-0.1, -0.05) is 30.3 Å². The molecule has 23 heavy (non-hydrogen) atoms. The van der Waals surface area contributed by atoms with Crippen molar-refractivity contribution in [2.75, 3.05) is 4.90 Å². The molecule has 0 fully saturated rings. The lowest BCUT2D eigenvalue weighted by molar-refractivity contribution is -0.110. The average Bonchev–Trinajstić information content (AvgIpc) is 2.98. The molecule has 1 amide bonds. The van der Waals surface area contributed by atoms with Gasteiger partial charge in [0.05, 0.1) is 12.6 Å². The zero-order chi connectivity index (χ0) is 16.4. The normalized spacial score (nSPS) is 15.9. The third kappa shape index (κ3) is 2.75. The molecule has 0 spiro atoms. The van der Waals surface area contributed by atoms with Crippen LogP contribution in [0.15, 0.2) is 47.3 Å². The summed E-state index contributed by atoms with van der Waals surface area (Å²) in [5.41, 5.74) is 1.18. The molecule has 2 aromatic rings. The molecule has 0 saturated heterocycles. The second-order valence-electron chi connectivity index (χ2n) is 5.48. The van der Waals surface area contributed by atoms with E-state index in [2.05, 4.69) is 0 Å². The van der Waals surface area contributed by atoms with Gasteiger partial charge >= 0.3 is 6.09 Å². The summed E-state index contributed by atoms with van der Waals surface area (Å²) in [4.78, 5) is 36.4. The molecule has 3 rings (SSSR count). The van der Waals surface area contributed by atoms with Gasteiger partial charge in [-0.05, 0) is 30.5 Å². The Kier molecular flexibility index (Phi) is 3.97. The smallest absolute Gasteiger partial charge is 0.412 e. The molecule has 6 heteroatoms. The fourth-order valence-electron chi connectivity index (χ4n) is 2.93. The van der Waals surface area contributed by atoms with Crippen LogP contribution in [0.2, 0.25) is 0 Å². The molecule has 1 aliphatic rings. The van der Waals surface area contributed by atoms with E-state index in [0.717, 1.165) is 22.4 Å². The SMILES string of the molecule is O=CC1CCc2ccc(N(Cc3ccccc3)C(=O)O)c(=O)n21. The topological polar surface area (TPSA) is 79.6 Å². The average molecular weight is 312 g/mol. The molecule has 118 valence electrons. The van der Waals surface area contributed by atoms with E-state index in [1.807, 2.05) is 18.2 Å². The lowest BCUT2D eigenvalue weighted by atomic mass is 10.2. The number of amides is 1. The van der Waals surface area contributed by atoms with Crippen LogP contribution in [-0.2, 0) is 17.8 Å². The molecular formula is C17H16N2O4. The summed E-state index contributed by atoms with van der Waals surface area (Å²) in [6, 6.07) is 11.8. The molecule has 0 aliphatic carbocycles. The quantitative estimate of drug-likeness (QED) is 0.878. The summed E-state index contributed by atoms with van der Waals surface area (Å²) in [6.07, 6.45) is 0.759. The lowest BCUT2D eigenvalue weighted by Gasteiger charge is -2.20. The third-order valence-electron chi connectivity index (χ3n) is 4.07. The van der Waals surface area contributed by atoms with Gasteiger partial charge in [-0.2, -0.15) is 0 Å². The van der Waals surface area contributed by atoms with Gasteiger partial charge in [-0.15, -0.1) is 0 Å². The summed E-state index contributed by atoms with van der Waals surface area (Å²) in [5.74, 6) is 0. The van der Waals surface area contributed by atoms with Gasteiger partial charge in [0.15, 0.2) is 0 Å². The monoisotopic (exact) mass is 312 g/mol. The lowest BCUT2D eigenvalue weighted by Crippen LogP contribution is -2.36. The summed E-state index contributed by atoms with van der Waals surface area (Å²) < 4.78 is 1.41. The van der Waals surface area contributed by atoms with Gasteiger partial charge < -0.3 is 14.5 Å². The van der Waals surface area contributed by atoms with Crippen LogP contribution in [0.25, 0.3) is 0 Å². The number of carbonyl (C=O) groups excluding carboxylic acids is 1. The van der Waals surface area contributed by atoms with Crippen LogP contribution in [0, 0.1) is 0 Å². The minimum atomic E-state index is -1.20. The maximum Gasteiger partial charge on any atom is 0.412 e. The highest BCUT2D eigenvalue weighted by Gasteiger charge is 2.27. The number of carboxylic acid groups (broad SMARTS) is 1. The molecule has 1 atom stereocenters. The third-order valence-corrected chi connectivity index (χ3v) is 4.07. The van der Waals surface area contributed by atoms with Crippen molar-refractivity contribution >= 4 is 18.1 Å². The highest BCUT2D eigenvalue weighted by Crippen LogP contribution is 2.24. The van der Waals surface area contributed by atoms with E-state index in [-0.39, 0.29) is 12.2 Å². The summed E-state index contributed by atoms with van der Waals surface area (Å²) in [6.45, 7) is 0.0799. The van der Waals surface area contributed by atoms with Crippen molar-refractivity contribution in [2.24, 2.45) is 0 Å². The Bertz CT molecular complexity index is 798. The van der Waals surface area contributed by atoms with Crippen LogP contribution < -0.4 is 10.5 Å². The molecule has 0 bridgehead atoms. The van der Waals surface area contributed by atoms with Gasteiger partial charge in [0.2, 0.25) is 0 Å². The minimum absolute atomic E-state index is 0.0684. The number of anilines is 1. The first kappa shape index (κ1) is 15.0. The van der Waals surface area contributed by atoms with Gasteiger partial charge in [0, 0.05) is 5.69 Å². The molecule has 1 N–H and O–H groups in total. The molecule has 1 aromatic carbocycles. The summed E-state index contributed by atoms with van der Waals surface area (Å²) >= 11 is 0. The first-order valence-corrected chi connectivity index (χ1v) is 7.36. The molecule has 0 radical (unpaired) electrons. The van der Waals surface area contributed by atoms with Crippen molar-refractivity contribution < 1.29 is 14.7 Å². The number of hydrogen-bond donors (Lipinski definition) is 1. The maximum atomic E-state index is 12.7. The van der Waals surface area contributed by atoms with Crippen LogP contribution in [0.5, 0.6) is 0 Å². The van der Waals surface area contributed by atoms with Crippen LogP contribution in [0.4, 0.5) is 10.5 Å². The summed E-state index contributed by atoms with van der Waals surface area (Å²) in [5, 5.41) is 9.49. The van der Waals surface area contributed by atoms with Gasteiger partial charge in [0.1, 0.15) is 12.0 Å². The first-order chi connectivity index (χ1) is 11.1. The summed E-state index contributed by atoms with van der Waals surface area (Å²) in [7, 11) is 0. The molecule has 0 saturated carbocycles. The number of aldehydes is 1. The highest BCUT2D eigenvalue weighted by atomic mass is 16.4. The van der Waals surface area contributed by atoms with Crippen molar-refractivity contribution in [1.29, 1.82) is 0 Å². The first-order valence-electron chi connectivity index (χ1n) is 7.36. The maximum absolute atomic E-state index is 12.7. The zero-order valence-corrected chi connectivity index (χ0v) is 12.4. The predicted octanol–water partition coefficient (Wildman–Crippen LogP) is 2.22. The van der Waals surface area contributed by atoms with Crippen LogP contribution in [0.1, 0.15) is 23.7 Å². The Morgan fingerprint density at radius 2 is 2.00 bits per heavy atom. The van der Waals surface area contributed by atoms with Crippen molar-refractivity contribution in [1.82, 2.24) is 4.57 Å². The number of carbonyl (C=O) groups is 2. The standard InChI is InChI=1S/C17H16N2O4/c20-11-14-7-6-13-8-9-15(16(21)19(13)14)18(17(22)23)10-12-4-2-1-3-5-12/h1-5,8-9,11,14H,6-7,10H2,(H,22,23). The number of pyridine rings is 1. The van der Waals surface area contributed by atoms with Crippen molar-refractivity contribution in [3.8, 4) is 0 Å². The van der Waals surface area contributed by atoms with Gasteiger partial charge in [0.25, 0.3) is 5.56 Å². The van der Waals surface area contributed by atoms with E-state index in [1.54, 1.807) is 18.2 Å². The number of fused-ring (bicyclic) bond motifs is 1. The fourth-order valence-corrected chi connectivity index (χ4v) is 2.93.